The van der Waals surface area contributed by atoms with Crippen molar-refractivity contribution in [2.75, 3.05) is 31.1 Å². The lowest BCUT2D eigenvalue weighted by atomic mass is 10.0. The van der Waals surface area contributed by atoms with Gasteiger partial charge in [0.05, 0.1) is 16.8 Å². The number of amides is 6. The molecule has 3 heterocycles. The maximum absolute atomic E-state index is 14.0. The van der Waals surface area contributed by atoms with Gasteiger partial charge in [0.1, 0.15) is 30.2 Å². The Balaban J connectivity index is 1.37. The van der Waals surface area contributed by atoms with Gasteiger partial charge in [0.2, 0.25) is 29.5 Å². The van der Waals surface area contributed by atoms with Crippen molar-refractivity contribution < 1.29 is 33.9 Å². The molecule has 0 unspecified atom stereocenters. The average Bonchev–Trinajstić information content (AvgIpc) is 3.88. The zero-order chi connectivity index (χ0) is 38.8. The number of carbonyl (C=O) groups is 6. The normalized spacial score (nSPS) is 25.6. The number of nitrogens with one attached hydrogen (secondary N) is 5. The van der Waals surface area contributed by atoms with Gasteiger partial charge in [-0.25, -0.2) is 0 Å². The predicted molar refractivity (Wildman–Crippen MR) is 204 cm³/mol. The van der Waals surface area contributed by atoms with Gasteiger partial charge in [-0.1, -0.05) is 48.9 Å². The Morgan fingerprint density at radius 2 is 1.57 bits per heavy atom. The third-order valence-electron chi connectivity index (χ3n) is 10.3. The highest BCUT2D eigenvalue weighted by atomic mass is 35.5. The predicted octanol–water partition coefficient (Wildman–Crippen LogP) is 1.82. The van der Waals surface area contributed by atoms with Crippen molar-refractivity contribution in [3.8, 4) is 0 Å². The van der Waals surface area contributed by atoms with Gasteiger partial charge in [-0.2, -0.15) is 0 Å². The summed E-state index contributed by atoms with van der Waals surface area (Å²) < 4.78 is 0. The van der Waals surface area contributed by atoms with Crippen molar-refractivity contribution in [1.29, 1.82) is 0 Å². The molecule has 3 fully saturated rings. The lowest BCUT2D eigenvalue weighted by molar-refractivity contribution is -0.142. The number of anilines is 1. The molecule has 0 aromatic heterocycles. The number of carbonyl (C=O) groups excluding carboxylic acids is 6. The Hall–Kier alpha value is -4.69. The second-order valence-corrected chi connectivity index (χ2v) is 14.7. The highest BCUT2D eigenvalue weighted by Gasteiger charge is 2.39. The average molecular weight is 766 g/mol. The van der Waals surface area contributed by atoms with Crippen LogP contribution < -0.4 is 31.5 Å². The largest absolute Gasteiger partial charge is 0.391 e. The molecule has 0 aliphatic carbocycles. The second-order valence-electron chi connectivity index (χ2n) is 14.3. The fourth-order valence-electron chi connectivity index (χ4n) is 7.27. The molecule has 54 heavy (non-hydrogen) atoms. The molecule has 0 saturated carbocycles. The van der Waals surface area contributed by atoms with Crippen LogP contribution in [-0.2, 0) is 30.4 Å². The maximum atomic E-state index is 14.0. The van der Waals surface area contributed by atoms with E-state index >= 15 is 0 Å². The van der Waals surface area contributed by atoms with Gasteiger partial charge in [0.25, 0.3) is 5.91 Å². The Labute approximate surface area is 321 Å². The van der Waals surface area contributed by atoms with E-state index in [0.717, 1.165) is 37.2 Å². The molecule has 14 nitrogen and oxygen atoms in total. The number of aliphatic hydroxyl groups is 1. The van der Waals surface area contributed by atoms with Crippen molar-refractivity contribution in [3.05, 3.63) is 64.7 Å². The van der Waals surface area contributed by atoms with E-state index in [2.05, 4.69) is 31.5 Å². The van der Waals surface area contributed by atoms with Crippen LogP contribution in [0, 0.1) is 0 Å². The number of hydrogen-bond donors (Lipinski definition) is 6. The van der Waals surface area contributed by atoms with Crippen LogP contribution in [0.3, 0.4) is 0 Å². The van der Waals surface area contributed by atoms with Gasteiger partial charge in [-0.3, -0.25) is 28.8 Å². The van der Waals surface area contributed by atoms with E-state index < -0.39 is 65.8 Å². The highest BCUT2D eigenvalue weighted by Crippen LogP contribution is 2.29. The number of halogens is 1. The van der Waals surface area contributed by atoms with Crippen LogP contribution in [0.2, 0.25) is 5.02 Å². The molecule has 6 atom stereocenters. The van der Waals surface area contributed by atoms with Crippen LogP contribution in [0.15, 0.2) is 48.5 Å². The number of nitrogens with zero attached hydrogens (tertiary/aromatic N) is 2. The first-order valence-electron chi connectivity index (χ1n) is 19.0. The van der Waals surface area contributed by atoms with E-state index in [4.69, 9.17) is 11.6 Å². The van der Waals surface area contributed by atoms with Gasteiger partial charge >= 0.3 is 0 Å². The minimum atomic E-state index is -1.47. The number of rotatable bonds is 7. The van der Waals surface area contributed by atoms with Crippen molar-refractivity contribution >= 4 is 52.7 Å². The Morgan fingerprint density at radius 1 is 0.852 bits per heavy atom. The van der Waals surface area contributed by atoms with E-state index in [-0.39, 0.29) is 37.3 Å². The molecule has 3 saturated heterocycles. The van der Waals surface area contributed by atoms with Gasteiger partial charge in [0, 0.05) is 38.2 Å². The smallest absolute Gasteiger partial charge is 0.251 e. The zero-order valence-corrected chi connectivity index (χ0v) is 31.7. The van der Waals surface area contributed by atoms with Gasteiger partial charge in [-0.15, -0.1) is 0 Å². The standard InChI is InChI=1S/C39H52ClN7O7/c1-3-28-35(50)45-33(24(2)48)38(53)44-30(22-25-12-5-4-6-13-25)39(54)47-21-11-15-32(47)37(52)41-18-8-7-14-29(36(51)42-28)43-34(49)26-16-17-31(27(40)23-26)46-19-9-10-20-46/h4-6,12-13,16-17,23-24,28-30,32-33,48H,3,7-11,14-15,18-22H2,1-2H3,(H,41,52)(H,42,51)(H,43,49)(H,44,53)(H,45,50)/t24-,28+,29+,30-,32+,33+/m1/s1. The summed E-state index contributed by atoms with van der Waals surface area (Å²) in [5, 5.41) is 24.8. The van der Waals surface area contributed by atoms with Crippen molar-refractivity contribution in [2.45, 2.75) is 108 Å². The molecular weight excluding hydrogens is 714 g/mol. The fourth-order valence-corrected chi connectivity index (χ4v) is 7.57. The minimum absolute atomic E-state index is 0.117. The third kappa shape index (κ3) is 10.3. The summed E-state index contributed by atoms with van der Waals surface area (Å²) in [6.07, 6.45) is 3.17. The molecular formula is C39H52ClN7O7. The second kappa shape index (κ2) is 19.1. The zero-order valence-electron chi connectivity index (χ0n) is 30.9. The van der Waals surface area contributed by atoms with E-state index in [1.54, 1.807) is 25.1 Å². The highest BCUT2D eigenvalue weighted by molar-refractivity contribution is 6.33. The van der Waals surface area contributed by atoms with Crippen LogP contribution in [0.4, 0.5) is 5.69 Å². The van der Waals surface area contributed by atoms with Crippen molar-refractivity contribution in [2.24, 2.45) is 0 Å². The molecule has 3 aliphatic heterocycles. The first-order chi connectivity index (χ1) is 26.0. The van der Waals surface area contributed by atoms with Crippen molar-refractivity contribution in [3.63, 3.8) is 0 Å². The lowest BCUT2D eigenvalue weighted by Crippen LogP contribution is -2.61. The summed E-state index contributed by atoms with van der Waals surface area (Å²) in [5.74, 6) is -3.41. The van der Waals surface area contributed by atoms with Crippen LogP contribution in [-0.4, -0.2) is 108 Å². The van der Waals surface area contributed by atoms with Crippen LogP contribution >= 0.6 is 11.6 Å². The molecule has 0 bridgehead atoms. The maximum Gasteiger partial charge on any atom is 0.251 e. The molecule has 0 spiro atoms. The first kappa shape index (κ1) is 40.5. The van der Waals surface area contributed by atoms with Crippen LogP contribution in [0.1, 0.15) is 81.1 Å². The SMILES string of the molecule is CC[C@@H]1NC(=O)[C@@H](NC(=O)c2ccc(N3CCCC3)c(Cl)c2)CCCCNC(=O)[C@@H]2CCCN2C(=O)[C@@H](Cc2ccccc2)NC(=O)[C@H]([C@@H](C)O)NC1=O. The molecule has 2 aromatic carbocycles. The molecule has 0 radical (unpaired) electrons. The van der Waals surface area contributed by atoms with Gasteiger partial charge in [0.15, 0.2) is 0 Å². The molecule has 292 valence electrons. The monoisotopic (exact) mass is 765 g/mol. The number of aliphatic hydroxyl groups excluding tert-OH is 1. The topological polar surface area (TPSA) is 189 Å². The molecule has 2 aromatic rings. The van der Waals surface area contributed by atoms with Crippen LogP contribution in [0.5, 0.6) is 0 Å². The first-order valence-corrected chi connectivity index (χ1v) is 19.4. The quantitative estimate of drug-likeness (QED) is 0.246. The Bertz CT molecular complexity index is 1670. The van der Waals surface area contributed by atoms with Crippen molar-refractivity contribution in [1.82, 2.24) is 31.5 Å². The number of fused-ring (bicyclic) bond motifs is 1. The Morgan fingerprint density at radius 3 is 2.26 bits per heavy atom. The van der Waals surface area contributed by atoms with E-state index in [1.807, 2.05) is 30.3 Å². The van der Waals surface area contributed by atoms with Gasteiger partial charge in [-0.05, 0) is 82.1 Å². The molecule has 5 rings (SSSR count). The molecule has 3 aliphatic rings. The minimum Gasteiger partial charge on any atom is -0.391 e. The summed E-state index contributed by atoms with van der Waals surface area (Å²) in [5.41, 5.74) is 1.88. The van der Waals surface area contributed by atoms with E-state index in [9.17, 15) is 33.9 Å². The molecule has 15 heteroatoms. The van der Waals surface area contributed by atoms with Gasteiger partial charge < -0.3 is 41.5 Å². The summed E-state index contributed by atoms with van der Waals surface area (Å²) in [7, 11) is 0. The Kier molecular flexibility index (Phi) is 14.3. The summed E-state index contributed by atoms with van der Waals surface area (Å²) in [4.78, 5) is 85.7. The summed E-state index contributed by atoms with van der Waals surface area (Å²) in [6, 6.07) is 8.66. The lowest BCUT2D eigenvalue weighted by Gasteiger charge is -2.30. The summed E-state index contributed by atoms with van der Waals surface area (Å²) >= 11 is 6.58. The number of benzene rings is 2. The fraction of sp³-hybridized carbons (Fsp3) is 0.538. The number of hydrogen-bond acceptors (Lipinski definition) is 8. The molecule has 6 N–H and O–H groups in total. The van der Waals surface area contributed by atoms with E-state index in [0.29, 0.717) is 37.3 Å². The van der Waals surface area contributed by atoms with E-state index in [1.165, 1.54) is 11.8 Å². The summed E-state index contributed by atoms with van der Waals surface area (Å²) in [6.45, 7) is 5.38. The van der Waals surface area contributed by atoms with Crippen LogP contribution in [0.25, 0.3) is 0 Å². The molecule has 6 amide bonds. The third-order valence-corrected chi connectivity index (χ3v) is 10.6.